The van der Waals surface area contributed by atoms with Crippen molar-refractivity contribution in [1.82, 2.24) is 9.88 Å². The molecule has 1 aliphatic rings. The van der Waals surface area contributed by atoms with Gasteiger partial charge in [-0.05, 0) is 45.2 Å². The third-order valence-electron chi connectivity index (χ3n) is 3.72. The minimum atomic E-state index is -1.26. The van der Waals surface area contributed by atoms with Gasteiger partial charge >= 0.3 is 12.1 Å². The molecule has 1 aromatic rings. The van der Waals surface area contributed by atoms with Gasteiger partial charge in [0, 0.05) is 25.4 Å². The van der Waals surface area contributed by atoms with Crippen LogP contribution in [0.2, 0.25) is 0 Å². The predicted octanol–water partition coefficient (Wildman–Crippen LogP) is 2.48. The third kappa shape index (κ3) is 3.37. The number of nitrogens with zero attached hydrogens (tertiary/aromatic N) is 2. The highest BCUT2D eigenvalue weighted by molar-refractivity contribution is 5.85. The van der Waals surface area contributed by atoms with Gasteiger partial charge in [0.2, 0.25) is 0 Å². The maximum absolute atomic E-state index is 12.4. The number of hydrogen-bond acceptors (Lipinski definition) is 4. The molecular weight excluding hydrogens is 284 g/mol. The highest BCUT2D eigenvalue weighted by atomic mass is 16.6. The molecule has 0 unspecified atom stereocenters. The summed E-state index contributed by atoms with van der Waals surface area (Å²) in [4.78, 5) is 29.7. The van der Waals surface area contributed by atoms with Crippen molar-refractivity contribution in [3.63, 3.8) is 0 Å². The highest BCUT2D eigenvalue weighted by Gasteiger charge is 2.51. The summed E-state index contributed by atoms with van der Waals surface area (Å²) in [6.45, 7) is 5.70. The quantitative estimate of drug-likeness (QED) is 0.928. The van der Waals surface area contributed by atoms with Crippen LogP contribution in [0.5, 0.6) is 0 Å². The summed E-state index contributed by atoms with van der Waals surface area (Å²) in [6, 6.07) is 3.58. The molecule has 0 saturated carbocycles. The Kier molecular flexibility index (Phi) is 4.39. The van der Waals surface area contributed by atoms with E-state index in [1.807, 2.05) is 6.07 Å². The molecule has 0 aromatic carbocycles. The molecule has 22 heavy (non-hydrogen) atoms. The van der Waals surface area contributed by atoms with Crippen molar-refractivity contribution in [3.05, 3.63) is 30.1 Å². The van der Waals surface area contributed by atoms with Crippen LogP contribution in [0.15, 0.2) is 24.5 Å². The number of hydrogen-bond donors (Lipinski definition) is 1. The SMILES string of the molecule is CC(C)(C)OC(=O)N1CCC[C@]1(Cc1cccnc1)C(=O)O. The average Bonchev–Trinajstić information content (AvgIpc) is 2.83. The first-order valence-electron chi connectivity index (χ1n) is 7.37. The largest absolute Gasteiger partial charge is 0.479 e. The first kappa shape index (κ1) is 16.3. The van der Waals surface area contributed by atoms with E-state index in [0.29, 0.717) is 19.4 Å². The van der Waals surface area contributed by atoms with Crippen molar-refractivity contribution >= 4 is 12.1 Å². The monoisotopic (exact) mass is 306 g/mol. The lowest BCUT2D eigenvalue weighted by Crippen LogP contribution is -2.55. The number of carboxylic acids is 1. The van der Waals surface area contributed by atoms with Crippen molar-refractivity contribution in [2.75, 3.05) is 6.54 Å². The van der Waals surface area contributed by atoms with Crippen LogP contribution in [0.3, 0.4) is 0 Å². The lowest BCUT2D eigenvalue weighted by molar-refractivity contribution is -0.149. The molecule has 1 aliphatic heterocycles. The zero-order valence-electron chi connectivity index (χ0n) is 13.2. The zero-order valence-corrected chi connectivity index (χ0v) is 13.2. The third-order valence-corrected chi connectivity index (χ3v) is 3.72. The van der Waals surface area contributed by atoms with E-state index in [1.54, 1.807) is 39.2 Å². The van der Waals surface area contributed by atoms with E-state index in [-0.39, 0.29) is 6.42 Å². The molecule has 1 atom stereocenters. The summed E-state index contributed by atoms with van der Waals surface area (Å²) in [5, 5.41) is 9.77. The van der Waals surface area contributed by atoms with Gasteiger partial charge in [0.25, 0.3) is 0 Å². The fourth-order valence-electron chi connectivity index (χ4n) is 2.78. The Morgan fingerprint density at radius 2 is 2.18 bits per heavy atom. The van der Waals surface area contributed by atoms with Crippen LogP contribution in [-0.2, 0) is 16.0 Å². The predicted molar refractivity (Wildman–Crippen MR) is 80.5 cm³/mol. The Labute approximate surface area is 130 Å². The van der Waals surface area contributed by atoms with Crippen molar-refractivity contribution < 1.29 is 19.4 Å². The minimum Gasteiger partial charge on any atom is -0.479 e. The summed E-state index contributed by atoms with van der Waals surface area (Å²) in [5.41, 5.74) is -1.12. The van der Waals surface area contributed by atoms with Crippen LogP contribution in [0, 0.1) is 0 Å². The van der Waals surface area contributed by atoms with Gasteiger partial charge in [0.05, 0.1) is 0 Å². The molecule has 1 aromatic heterocycles. The lowest BCUT2D eigenvalue weighted by Gasteiger charge is -2.35. The lowest BCUT2D eigenvalue weighted by atomic mass is 9.89. The van der Waals surface area contributed by atoms with Gasteiger partial charge in [0.1, 0.15) is 11.1 Å². The maximum atomic E-state index is 12.4. The molecule has 2 heterocycles. The van der Waals surface area contributed by atoms with Gasteiger partial charge < -0.3 is 9.84 Å². The molecule has 2 rings (SSSR count). The van der Waals surface area contributed by atoms with Gasteiger partial charge in [0.15, 0.2) is 0 Å². The fraction of sp³-hybridized carbons (Fsp3) is 0.562. The molecule has 0 aliphatic carbocycles. The van der Waals surface area contributed by atoms with Gasteiger partial charge in [-0.15, -0.1) is 0 Å². The normalized spacial score (nSPS) is 21.7. The number of carboxylic acid groups (broad SMARTS) is 1. The van der Waals surface area contributed by atoms with Crippen LogP contribution in [0.1, 0.15) is 39.2 Å². The number of aromatic nitrogens is 1. The summed E-state index contributed by atoms with van der Waals surface area (Å²) >= 11 is 0. The minimum absolute atomic E-state index is 0.232. The van der Waals surface area contributed by atoms with Crippen molar-refractivity contribution in [1.29, 1.82) is 0 Å². The number of ether oxygens (including phenoxy) is 1. The highest BCUT2D eigenvalue weighted by Crippen LogP contribution is 2.34. The molecule has 120 valence electrons. The first-order valence-corrected chi connectivity index (χ1v) is 7.37. The second-order valence-electron chi connectivity index (χ2n) is 6.61. The summed E-state index contributed by atoms with van der Waals surface area (Å²) in [7, 11) is 0. The van der Waals surface area contributed by atoms with Crippen LogP contribution < -0.4 is 0 Å². The van der Waals surface area contributed by atoms with E-state index >= 15 is 0 Å². The molecule has 1 saturated heterocycles. The van der Waals surface area contributed by atoms with E-state index in [2.05, 4.69) is 4.98 Å². The molecule has 0 spiro atoms. The van der Waals surface area contributed by atoms with Crippen LogP contribution in [-0.4, -0.2) is 44.7 Å². The topological polar surface area (TPSA) is 79.7 Å². The molecule has 1 N–H and O–H groups in total. The first-order chi connectivity index (χ1) is 10.2. The standard InChI is InChI=1S/C16H22N2O4/c1-15(2,3)22-14(21)18-9-5-7-16(18,13(19)20)10-12-6-4-8-17-11-12/h4,6,8,11H,5,7,9-10H2,1-3H3,(H,19,20)/t16-/m0/s1. The van der Waals surface area contributed by atoms with Crippen molar-refractivity contribution in [2.24, 2.45) is 0 Å². The van der Waals surface area contributed by atoms with E-state index in [9.17, 15) is 14.7 Å². The Morgan fingerprint density at radius 3 is 2.73 bits per heavy atom. The number of pyridine rings is 1. The maximum Gasteiger partial charge on any atom is 0.411 e. The van der Waals surface area contributed by atoms with Crippen molar-refractivity contribution in [2.45, 2.75) is 51.2 Å². The zero-order chi connectivity index (χ0) is 16.4. The number of aliphatic carboxylic acids is 1. The van der Waals surface area contributed by atoms with E-state index in [4.69, 9.17) is 4.74 Å². The van der Waals surface area contributed by atoms with Gasteiger partial charge in [-0.2, -0.15) is 0 Å². The van der Waals surface area contributed by atoms with E-state index in [0.717, 1.165) is 5.56 Å². The Hall–Kier alpha value is -2.11. The molecule has 0 bridgehead atoms. The Bertz CT molecular complexity index is 553. The Morgan fingerprint density at radius 1 is 1.45 bits per heavy atom. The number of carbonyl (C=O) groups excluding carboxylic acids is 1. The van der Waals surface area contributed by atoms with E-state index in [1.165, 1.54) is 4.90 Å². The van der Waals surface area contributed by atoms with Gasteiger partial charge in [-0.25, -0.2) is 9.59 Å². The summed E-state index contributed by atoms with van der Waals surface area (Å²) < 4.78 is 5.37. The Balaban J connectivity index is 2.28. The molecule has 6 nitrogen and oxygen atoms in total. The van der Waals surface area contributed by atoms with Crippen LogP contribution in [0.25, 0.3) is 0 Å². The van der Waals surface area contributed by atoms with Crippen LogP contribution >= 0.6 is 0 Å². The van der Waals surface area contributed by atoms with Gasteiger partial charge in [-0.3, -0.25) is 9.88 Å². The number of amides is 1. The summed E-state index contributed by atoms with van der Waals surface area (Å²) in [5.74, 6) is -1.00. The molecule has 6 heteroatoms. The molecular formula is C16H22N2O4. The second-order valence-corrected chi connectivity index (χ2v) is 6.61. The molecule has 0 radical (unpaired) electrons. The molecule has 1 amide bonds. The number of likely N-dealkylation sites (tertiary alicyclic amines) is 1. The average molecular weight is 306 g/mol. The van der Waals surface area contributed by atoms with Crippen molar-refractivity contribution in [3.8, 4) is 0 Å². The number of rotatable bonds is 3. The summed E-state index contributed by atoms with van der Waals surface area (Å²) in [6.07, 6.45) is 3.99. The number of carbonyl (C=O) groups is 2. The smallest absolute Gasteiger partial charge is 0.411 e. The fourth-order valence-corrected chi connectivity index (χ4v) is 2.78. The van der Waals surface area contributed by atoms with Gasteiger partial charge in [-0.1, -0.05) is 6.07 Å². The molecule has 1 fully saturated rings. The van der Waals surface area contributed by atoms with E-state index < -0.39 is 23.2 Å². The second kappa shape index (κ2) is 5.94. The van der Waals surface area contributed by atoms with Crippen LogP contribution in [0.4, 0.5) is 4.79 Å².